The summed E-state index contributed by atoms with van der Waals surface area (Å²) in [4.78, 5) is 0. The Morgan fingerprint density at radius 3 is 2.29 bits per heavy atom. The van der Waals surface area contributed by atoms with Gasteiger partial charge in [-0.25, -0.2) is 0 Å². The molecule has 0 bridgehead atoms. The Morgan fingerprint density at radius 1 is 1.14 bits per heavy atom. The molecule has 14 heavy (non-hydrogen) atoms. The fraction of sp³-hybridized carbons (Fsp3) is 0.455. The molecule has 3 heteroatoms. The Kier molecular flexibility index (Phi) is 5.10. The van der Waals surface area contributed by atoms with Crippen molar-refractivity contribution in [3.63, 3.8) is 0 Å². The molecule has 0 N–H and O–H groups in total. The molecule has 2 nitrogen and oxygen atoms in total. The monoisotopic (exact) mass is 212 g/mol. The van der Waals surface area contributed by atoms with Gasteiger partial charge in [0.25, 0.3) is 0 Å². The SMILES string of the molecule is CCOP(OCC)c1cccc(C)c1. The summed E-state index contributed by atoms with van der Waals surface area (Å²) in [5.41, 5.74) is 1.24. The molecule has 0 unspecified atom stereocenters. The largest absolute Gasteiger partial charge is 0.331 e. The van der Waals surface area contributed by atoms with E-state index in [9.17, 15) is 0 Å². The second kappa shape index (κ2) is 6.13. The highest BCUT2D eigenvalue weighted by molar-refractivity contribution is 7.56. The number of hydrogen-bond acceptors (Lipinski definition) is 2. The van der Waals surface area contributed by atoms with E-state index in [2.05, 4.69) is 25.1 Å². The Hall–Kier alpha value is -0.430. The Morgan fingerprint density at radius 2 is 1.79 bits per heavy atom. The highest BCUT2D eigenvalue weighted by atomic mass is 31.2. The molecule has 1 aromatic rings. The van der Waals surface area contributed by atoms with Crippen LogP contribution < -0.4 is 5.30 Å². The standard InChI is InChI=1S/C11H17O2P/c1-4-12-14(13-5-2)11-8-6-7-10(3)9-11/h6-9H,4-5H2,1-3H3. The van der Waals surface area contributed by atoms with Gasteiger partial charge in [0.15, 0.2) is 0 Å². The van der Waals surface area contributed by atoms with Crippen LogP contribution in [0.2, 0.25) is 0 Å². The summed E-state index contributed by atoms with van der Waals surface area (Å²) in [6.45, 7) is 7.45. The number of rotatable bonds is 5. The molecule has 0 fully saturated rings. The minimum atomic E-state index is -0.872. The summed E-state index contributed by atoms with van der Waals surface area (Å²) in [6.07, 6.45) is 0. The molecule has 0 aliphatic rings. The first kappa shape index (κ1) is 11.6. The maximum Gasteiger partial charge on any atom is 0.205 e. The number of hydrogen-bond donors (Lipinski definition) is 0. The third kappa shape index (κ3) is 3.38. The lowest BCUT2D eigenvalue weighted by Crippen LogP contribution is -2.06. The first-order valence-electron chi connectivity index (χ1n) is 4.90. The molecular formula is C11H17O2P. The second-order valence-electron chi connectivity index (χ2n) is 2.93. The zero-order valence-electron chi connectivity index (χ0n) is 8.99. The minimum Gasteiger partial charge on any atom is -0.331 e. The van der Waals surface area contributed by atoms with E-state index in [0.29, 0.717) is 13.2 Å². The van der Waals surface area contributed by atoms with Gasteiger partial charge in [-0.05, 0) is 32.9 Å². The molecule has 1 rings (SSSR count). The lowest BCUT2D eigenvalue weighted by atomic mass is 10.2. The van der Waals surface area contributed by atoms with Crippen LogP contribution in [-0.2, 0) is 9.05 Å². The number of benzene rings is 1. The van der Waals surface area contributed by atoms with Crippen LogP contribution in [0.25, 0.3) is 0 Å². The summed E-state index contributed by atoms with van der Waals surface area (Å²) in [5, 5.41) is 1.16. The normalized spacial score (nSPS) is 10.9. The van der Waals surface area contributed by atoms with Crippen molar-refractivity contribution in [2.75, 3.05) is 13.2 Å². The van der Waals surface area contributed by atoms with Crippen molar-refractivity contribution in [2.45, 2.75) is 20.8 Å². The molecule has 0 aromatic heterocycles. The van der Waals surface area contributed by atoms with Crippen LogP contribution in [0.4, 0.5) is 0 Å². The maximum atomic E-state index is 5.57. The minimum absolute atomic E-state index is 0.694. The Balaban J connectivity index is 2.75. The summed E-state index contributed by atoms with van der Waals surface area (Å²) < 4.78 is 11.1. The van der Waals surface area contributed by atoms with E-state index in [1.54, 1.807) is 0 Å². The smallest absolute Gasteiger partial charge is 0.205 e. The topological polar surface area (TPSA) is 18.5 Å². The van der Waals surface area contributed by atoms with Crippen molar-refractivity contribution in [3.05, 3.63) is 29.8 Å². The number of aryl methyl sites for hydroxylation is 1. The van der Waals surface area contributed by atoms with Crippen molar-refractivity contribution < 1.29 is 9.05 Å². The van der Waals surface area contributed by atoms with Crippen LogP contribution in [0, 0.1) is 6.92 Å². The van der Waals surface area contributed by atoms with Crippen molar-refractivity contribution in [3.8, 4) is 0 Å². The second-order valence-corrected chi connectivity index (χ2v) is 4.48. The van der Waals surface area contributed by atoms with E-state index in [1.165, 1.54) is 5.56 Å². The summed E-state index contributed by atoms with van der Waals surface area (Å²) in [5.74, 6) is 0. The predicted octanol–water partition coefficient (Wildman–Crippen LogP) is 3.01. The van der Waals surface area contributed by atoms with E-state index in [-0.39, 0.29) is 0 Å². The van der Waals surface area contributed by atoms with Gasteiger partial charge in [-0.1, -0.05) is 17.7 Å². The maximum absolute atomic E-state index is 5.57. The van der Waals surface area contributed by atoms with Crippen LogP contribution in [0.5, 0.6) is 0 Å². The van der Waals surface area contributed by atoms with E-state index in [1.807, 2.05) is 19.9 Å². The van der Waals surface area contributed by atoms with Crippen LogP contribution in [0.1, 0.15) is 19.4 Å². The summed E-state index contributed by atoms with van der Waals surface area (Å²) in [6, 6.07) is 8.30. The van der Waals surface area contributed by atoms with Gasteiger partial charge in [0, 0.05) is 5.30 Å². The summed E-state index contributed by atoms with van der Waals surface area (Å²) in [7, 11) is -0.872. The predicted molar refractivity (Wildman–Crippen MR) is 61.0 cm³/mol. The van der Waals surface area contributed by atoms with Crippen LogP contribution in [0.15, 0.2) is 24.3 Å². The van der Waals surface area contributed by atoms with Gasteiger partial charge in [-0.3, -0.25) is 0 Å². The molecule has 0 radical (unpaired) electrons. The average molecular weight is 212 g/mol. The van der Waals surface area contributed by atoms with Crippen LogP contribution in [-0.4, -0.2) is 13.2 Å². The van der Waals surface area contributed by atoms with Crippen molar-refractivity contribution >= 4 is 13.7 Å². The van der Waals surface area contributed by atoms with Crippen molar-refractivity contribution in [1.29, 1.82) is 0 Å². The molecule has 78 valence electrons. The molecule has 0 aliphatic heterocycles. The average Bonchev–Trinajstić information content (AvgIpc) is 2.17. The quantitative estimate of drug-likeness (QED) is 0.698. The highest BCUT2D eigenvalue weighted by Gasteiger charge is 2.11. The van der Waals surface area contributed by atoms with Gasteiger partial charge in [-0.15, -0.1) is 0 Å². The molecule has 0 spiro atoms. The van der Waals surface area contributed by atoms with Gasteiger partial charge in [-0.2, -0.15) is 0 Å². The zero-order valence-corrected chi connectivity index (χ0v) is 9.88. The van der Waals surface area contributed by atoms with E-state index >= 15 is 0 Å². The van der Waals surface area contributed by atoms with Crippen LogP contribution >= 0.6 is 8.38 Å². The highest BCUT2D eigenvalue weighted by Crippen LogP contribution is 2.36. The molecule has 0 saturated heterocycles. The van der Waals surface area contributed by atoms with Gasteiger partial charge in [0.2, 0.25) is 8.38 Å². The molecule has 0 amide bonds. The van der Waals surface area contributed by atoms with E-state index in [4.69, 9.17) is 9.05 Å². The molecule has 1 aromatic carbocycles. The first-order chi connectivity index (χ1) is 6.77. The summed E-state index contributed by atoms with van der Waals surface area (Å²) >= 11 is 0. The van der Waals surface area contributed by atoms with Crippen molar-refractivity contribution in [1.82, 2.24) is 0 Å². The van der Waals surface area contributed by atoms with Gasteiger partial charge >= 0.3 is 0 Å². The molecule has 0 saturated carbocycles. The Bertz CT molecular complexity index is 270. The molecule has 0 aliphatic carbocycles. The van der Waals surface area contributed by atoms with E-state index in [0.717, 1.165) is 5.30 Å². The molecular weight excluding hydrogens is 195 g/mol. The fourth-order valence-corrected chi connectivity index (χ4v) is 2.52. The lowest BCUT2D eigenvalue weighted by molar-refractivity contribution is 0.277. The first-order valence-corrected chi connectivity index (χ1v) is 6.08. The fourth-order valence-electron chi connectivity index (χ4n) is 1.16. The van der Waals surface area contributed by atoms with Crippen molar-refractivity contribution in [2.24, 2.45) is 0 Å². The van der Waals surface area contributed by atoms with E-state index < -0.39 is 8.38 Å². The lowest BCUT2D eigenvalue weighted by Gasteiger charge is -2.15. The zero-order chi connectivity index (χ0) is 10.4. The van der Waals surface area contributed by atoms with Gasteiger partial charge in [0.05, 0.1) is 13.2 Å². The van der Waals surface area contributed by atoms with Crippen LogP contribution in [0.3, 0.4) is 0 Å². The molecule has 0 heterocycles. The van der Waals surface area contributed by atoms with Gasteiger partial charge < -0.3 is 9.05 Å². The third-order valence-corrected chi connectivity index (χ3v) is 3.39. The third-order valence-electron chi connectivity index (χ3n) is 1.71. The van der Waals surface area contributed by atoms with Gasteiger partial charge in [0.1, 0.15) is 0 Å². The molecule has 0 atom stereocenters. The Labute approximate surface area is 87.2 Å².